The Morgan fingerprint density at radius 1 is 1.21 bits per heavy atom. The third-order valence-corrected chi connectivity index (χ3v) is 4.60. The molecule has 1 heterocycles. The van der Waals surface area contributed by atoms with E-state index in [0.717, 1.165) is 16.1 Å². The number of aliphatic hydroxyl groups is 1. The van der Waals surface area contributed by atoms with E-state index in [1.54, 1.807) is 0 Å². The number of carbonyl (C=O) groups is 2. The highest BCUT2D eigenvalue weighted by Crippen LogP contribution is 2.21. The lowest BCUT2D eigenvalue weighted by Crippen LogP contribution is -2.37. The Hall–Kier alpha value is -2.25. The molecule has 0 fully saturated rings. The quantitative estimate of drug-likeness (QED) is 0.700. The number of aromatic nitrogens is 1. The molecule has 0 aliphatic rings. The summed E-state index contributed by atoms with van der Waals surface area (Å²) in [6.45, 7) is 3.79. The minimum atomic E-state index is -0.742. The molecule has 0 unspecified atom stereocenters. The third kappa shape index (κ3) is 4.87. The van der Waals surface area contributed by atoms with Gasteiger partial charge in [-0.05, 0) is 32.3 Å². The Labute approximate surface area is 144 Å². The van der Waals surface area contributed by atoms with Gasteiger partial charge in [-0.3, -0.25) is 14.9 Å². The van der Waals surface area contributed by atoms with Gasteiger partial charge in [0.15, 0.2) is 5.13 Å². The van der Waals surface area contributed by atoms with Crippen LogP contribution in [0.5, 0.6) is 0 Å². The van der Waals surface area contributed by atoms with Gasteiger partial charge in [-0.15, -0.1) is 11.3 Å². The second-order valence-electron chi connectivity index (χ2n) is 5.42. The molecular weight excluding hydrogens is 326 g/mol. The number of benzene rings is 1. The summed E-state index contributed by atoms with van der Waals surface area (Å²) >= 11 is 1.33. The number of hydrogen-bond acceptors (Lipinski definition) is 5. The number of anilines is 1. The van der Waals surface area contributed by atoms with Gasteiger partial charge in [0.1, 0.15) is 0 Å². The van der Waals surface area contributed by atoms with Gasteiger partial charge >= 0.3 is 11.8 Å². The number of thiazole rings is 1. The zero-order valence-electron chi connectivity index (χ0n) is 13.7. The number of rotatable bonds is 6. The fourth-order valence-electron chi connectivity index (χ4n) is 2.21. The van der Waals surface area contributed by atoms with Crippen LogP contribution in [-0.4, -0.2) is 28.5 Å². The zero-order chi connectivity index (χ0) is 17.5. The van der Waals surface area contributed by atoms with E-state index in [0.29, 0.717) is 18.0 Å². The molecular formula is C17H21N3O3S. The normalized spacial score (nSPS) is 11.8. The summed E-state index contributed by atoms with van der Waals surface area (Å²) in [6, 6.07) is 9.07. The number of aryl methyl sites for hydroxylation is 2. The molecule has 0 bridgehead atoms. The predicted molar refractivity (Wildman–Crippen MR) is 93.9 cm³/mol. The first-order valence-corrected chi connectivity index (χ1v) is 8.54. The molecule has 3 N–H and O–H groups in total. The van der Waals surface area contributed by atoms with E-state index >= 15 is 0 Å². The topological polar surface area (TPSA) is 91.3 Å². The van der Waals surface area contributed by atoms with Crippen LogP contribution in [0.2, 0.25) is 0 Å². The van der Waals surface area contributed by atoms with Crippen LogP contribution in [0.4, 0.5) is 5.13 Å². The van der Waals surface area contributed by atoms with Crippen molar-refractivity contribution in [3.05, 3.63) is 46.5 Å². The van der Waals surface area contributed by atoms with Crippen molar-refractivity contribution < 1.29 is 14.7 Å². The molecule has 6 nitrogen and oxygen atoms in total. The van der Waals surface area contributed by atoms with Crippen molar-refractivity contribution in [2.45, 2.75) is 32.7 Å². The summed E-state index contributed by atoms with van der Waals surface area (Å²) in [5.41, 5.74) is 1.73. The SMILES string of the molecule is Cc1nc(NC(=O)C(=O)N[C@@H](CCCO)c2ccccc2)sc1C. The summed E-state index contributed by atoms with van der Waals surface area (Å²) in [5, 5.41) is 14.7. The predicted octanol–water partition coefficient (Wildman–Crippen LogP) is 2.33. The summed E-state index contributed by atoms with van der Waals surface area (Å²) in [5.74, 6) is -1.46. The van der Waals surface area contributed by atoms with Gasteiger partial charge < -0.3 is 10.4 Å². The van der Waals surface area contributed by atoms with Crippen LogP contribution in [0.3, 0.4) is 0 Å². The van der Waals surface area contributed by atoms with Crippen LogP contribution < -0.4 is 10.6 Å². The first-order chi connectivity index (χ1) is 11.5. The van der Waals surface area contributed by atoms with Crippen LogP contribution in [0, 0.1) is 13.8 Å². The summed E-state index contributed by atoms with van der Waals surface area (Å²) < 4.78 is 0. The summed E-state index contributed by atoms with van der Waals surface area (Å²) in [4.78, 5) is 29.4. The van der Waals surface area contributed by atoms with Crippen LogP contribution in [-0.2, 0) is 9.59 Å². The van der Waals surface area contributed by atoms with Crippen LogP contribution >= 0.6 is 11.3 Å². The molecule has 128 valence electrons. The Balaban J connectivity index is 2.02. The second-order valence-corrected chi connectivity index (χ2v) is 6.62. The number of nitrogens with zero attached hydrogens (tertiary/aromatic N) is 1. The highest BCUT2D eigenvalue weighted by molar-refractivity contribution is 7.15. The van der Waals surface area contributed by atoms with Crippen molar-refractivity contribution in [3.8, 4) is 0 Å². The molecule has 7 heteroatoms. The second kappa shape index (κ2) is 8.56. The number of amides is 2. The van der Waals surface area contributed by atoms with Gasteiger partial charge in [0.05, 0.1) is 11.7 Å². The minimum Gasteiger partial charge on any atom is -0.396 e. The molecule has 1 aromatic carbocycles. The molecule has 2 rings (SSSR count). The minimum absolute atomic E-state index is 0.0308. The number of carbonyl (C=O) groups excluding carboxylic acids is 2. The largest absolute Gasteiger partial charge is 0.396 e. The van der Waals surface area contributed by atoms with E-state index in [-0.39, 0.29) is 12.6 Å². The number of aliphatic hydroxyl groups excluding tert-OH is 1. The number of nitrogens with one attached hydrogen (secondary N) is 2. The molecule has 2 aromatic rings. The fourth-order valence-corrected chi connectivity index (χ4v) is 3.02. The molecule has 1 aromatic heterocycles. The maximum absolute atomic E-state index is 12.2. The lowest BCUT2D eigenvalue weighted by atomic mass is 10.0. The third-order valence-electron chi connectivity index (χ3n) is 3.61. The van der Waals surface area contributed by atoms with Gasteiger partial charge in [-0.2, -0.15) is 0 Å². The molecule has 0 saturated heterocycles. The monoisotopic (exact) mass is 347 g/mol. The van der Waals surface area contributed by atoms with Gasteiger partial charge in [0.25, 0.3) is 0 Å². The Morgan fingerprint density at radius 2 is 1.92 bits per heavy atom. The Bertz CT molecular complexity index is 681. The van der Waals surface area contributed by atoms with Gasteiger partial charge in [-0.25, -0.2) is 4.98 Å². The molecule has 2 amide bonds. The average Bonchev–Trinajstić information content (AvgIpc) is 2.89. The Kier molecular flexibility index (Phi) is 6.45. The van der Waals surface area contributed by atoms with Gasteiger partial charge in [0.2, 0.25) is 0 Å². The zero-order valence-corrected chi connectivity index (χ0v) is 14.5. The van der Waals surface area contributed by atoms with E-state index in [9.17, 15) is 9.59 Å². The van der Waals surface area contributed by atoms with Gasteiger partial charge in [-0.1, -0.05) is 30.3 Å². The van der Waals surface area contributed by atoms with Crippen molar-refractivity contribution >= 4 is 28.3 Å². The smallest absolute Gasteiger partial charge is 0.315 e. The van der Waals surface area contributed by atoms with Gasteiger partial charge in [0, 0.05) is 11.5 Å². The fraction of sp³-hybridized carbons (Fsp3) is 0.353. The summed E-state index contributed by atoms with van der Waals surface area (Å²) in [7, 11) is 0. The molecule has 0 radical (unpaired) electrons. The number of hydrogen-bond donors (Lipinski definition) is 3. The van der Waals surface area contributed by atoms with Crippen molar-refractivity contribution in [2.75, 3.05) is 11.9 Å². The Morgan fingerprint density at radius 3 is 2.50 bits per heavy atom. The van der Waals surface area contributed by atoms with Crippen molar-refractivity contribution in [1.29, 1.82) is 0 Å². The van der Waals surface area contributed by atoms with E-state index in [1.807, 2.05) is 44.2 Å². The van der Waals surface area contributed by atoms with E-state index in [1.165, 1.54) is 11.3 Å². The molecule has 0 saturated carbocycles. The van der Waals surface area contributed by atoms with Crippen molar-refractivity contribution in [3.63, 3.8) is 0 Å². The first kappa shape index (κ1) is 18.1. The van der Waals surface area contributed by atoms with E-state index < -0.39 is 11.8 Å². The maximum Gasteiger partial charge on any atom is 0.315 e. The summed E-state index contributed by atoms with van der Waals surface area (Å²) in [6.07, 6.45) is 1.08. The molecule has 0 aliphatic heterocycles. The molecule has 1 atom stereocenters. The van der Waals surface area contributed by atoms with Crippen LogP contribution in [0.15, 0.2) is 30.3 Å². The lowest BCUT2D eigenvalue weighted by Gasteiger charge is -2.18. The molecule has 0 spiro atoms. The highest BCUT2D eigenvalue weighted by atomic mass is 32.1. The maximum atomic E-state index is 12.2. The lowest BCUT2D eigenvalue weighted by molar-refractivity contribution is -0.136. The highest BCUT2D eigenvalue weighted by Gasteiger charge is 2.21. The van der Waals surface area contributed by atoms with Crippen molar-refractivity contribution in [1.82, 2.24) is 10.3 Å². The standard InChI is InChI=1S/C17H21N3O3S/c1-11-12(2)24-17(18-11)20-16(23)15(22)19-14(9-6-10-21)13-7-4-3-5-8-13/h3-5,7-8,14,21H,6,9-10H2,1-2H3,(H,19,22)(H,18,20,23)/t14-/m0/s1. The van der Waals surface area contributed by atoms with E-state index in [4.69, 9.17) is 5.11 Å². The van der Waals surface area contributed by atoms with Crippen molar-refractivity contribution in [2.24, 2.45) is 0 Å². The van der Waals surface area contributed by atoms with Crippen LogP contribution in [0.25, 0.3) is 0 Å². The average molecular weight is 347 g/mol. The van der Waals surface area contributed by atoms with E-state index in [2.05, 4.69) is 15.6 Å². The first-order valence-electron chi connectivity index (χ1n) is 7.73. The molecule has 24 heavy (non-hydrogen) atoms. The molecule has 0 aliphatic carbocycles. The van der Waals surface area contributed by atoms with Crippen LogP contribution in [0.1, 0.15) is 35.0 Å².